The largest absolute Gasteiger partial charge is 0.480 e. The lowest BCUT2D eigenvalue weighted by Crippen LogP contribution is -2.48. The Morgan fingerprint density at radius 3 is 2.63 bits per heavy atom. The highest BCUT2D eigenvalue weighted by Gasteiger charge is 2.64. The molecule has 0 unspecified atom stereocenters. The molecule has 2 aliphatic rings. The third-order valence-electron chi connectivity index (χ3n) is 3.74. The maximum atomic E-state index is 12.0. The molecule has 0 bridgehead atoms. The first-order valence-electron chi connectivity index (χ1n) is 6.57. The van der Waals surface area contributed by atoms with Gasteiger partial charge in [-0.1, -0.05) is 13.3 Å². The molecule has 6 nitrogen and oxygen atoms in total. The predicted octanol–water partition coefficient (Wildman–Crippen LogP) is 1.63. The molecular weight excluding hydrogens is 250 g/mol. The number of likely N-dealkylation sites (tertiary alicyclic amines) is 1. The highest BCUT2D eigenvalue weighted by molar-refractivity contribution is 6.02. The number of carbonyl (C=O) groups is 3. The summed E-state index contributed by atoms with van der Waals surface area (Å²) in [4.78, 5) is 35.9. The molecule has 106 valence electrons. The van der Waals surface area contributed by atoms with E-state index < -0.39 is 29.6 Å². The van der Waals surface area contributed by atoms with E-state index in [0.29, 0.717) is 12.8 Å². The number of carboxylic acid groups (broad SMARTS) is 1. The van der Waals surface area contributed by atoms with Crippen LogP contribution in [0.3, 0.4) is 0 Å². The number of nitrogens with zero attached hydrogens (tertiary/aromatic N) is 1. The van der Waals surface area contributed by atoms with E-state index in [-0.39, 0.29) is 11.8 Å². The average Bonchev–Trinajstić information content (AvgIpc) is 2.97. The van der Waals surface area contributed by atoms with E-state index in [9.17, 15) is 14.4 Å². The molecule has 0 aromatic rings. The van der Waals surface area contributed by atoms with Crippen LogP contribution in [0.5, 0.6) is 0 Å². The van der Waals surface area contributed by atoms with Crippen molar-refractivity contribution >= 4 is 18.0 Å². The minimum Gasteiger partial charge on any atom is -0.480 e. The first kappa shape index (κ1) is 13.8. The molecule has 3 atom stereocenters. The Morgan fingerprint density at radius 1 is 1.47 bits per heavy atom. The molecule has 0 aromatic carbocycles. The summed E-state index contributed by atoms with van der Waals surface area (Å²) in [5.41, 5.74) is -0.693. The first-order valence-corrected chi connectivity index (χ1v) is 6.57. The molecule has 1 saturated heterocycles. The number of aliphatic carboxylic acids is 1. The number of rotatable bonds is 4. The van der Waals surface area contributed by atoms with E-state index in [1.54, 1.807) is 13.8 Å². The Morgan fingerprint density at radius 2 is 2.11 bits per heavy atom. The van der Waals surface area contributed by atoms with Crippen LogP contribution in [-0.4, -0.2) is 39.6 Å². The molecule has 1 aliphatic heterocycles. The van der Waals surface area contributed by atoms with Gasteiger partial charge in [-0.25, -0.2) is 14.5 Å². The zero-order valence-electron chi connectivity index (χ0n) is 11.4. The molecule has 0 aromatic heterocycles. The second-order valence-corrected chi connectivity index (χ2v) is 5.88. The number of carbonyl (C=O) groups excluding carboxylic acids is 2. The number of carboxylic acids is 1. The van der Waals surface area contributed by atoms with Crippen molar-refractivity contribution in [2.24, 2.45) is 11.8 Å². The molecule has 1 heterocycles. The fraction of sp³-hybridized carbons (Fsp3) is 0.769. The summed E-state index contributed by atoms with van der Waals surface area (Å²) in [5.74, 6) is -2.08. The molecular formula is C13H19NO5. The summed E-state index contributed by atoms with van der Waals surface area (Å²) in [6.07, 6.45) is 1.23. The third kappa shape index (κ3) is 2.43. The molecule has 6 heteroatoms. The Bertz CT molecular complexity index is 431. The molecule has 1 N–H and O–H groups in total. The molecule has 1 aliphatic carbocycles. The van der Waals surface area contributed by atoms with Gasteiger partial charge < -0.3 is 9.84 Å². The highest BCUT2D eigenvalue weighted by atomic mass is 16.6. The summed E-state index contributed by atoms with van der Waals surface area (Å²) in [7, 11) is 0. The van der Waals surface area contributed by atoms with Gasteiger partial charge in [0.1, 0.15) is 11.6 Å². The lowest BCUT2D eigenvalue weighted by atomic mass is 10.0. The van der Waals surface area contributed by atoms with E-state index in [4.69, 9.17) is 9.84 Å². The van der Waals surface area contributed by atoms with Crippen molar-refractivity contribution < 1.29 is 24.2 Å². The summed E-state index contributed by atoms with van der Waals surface area (Å²) in [6, 6.07) is -1.05. The van der Waals surface area contributed by atoms with Crippen molar-refractivity contribution in [1.29, 1.82) is 0 Å². The van der Waals surface area contributed by atoms with E-state index in [1.165, 1.54) is 0 Å². The zero-order valence-corrected chi connectivity index (χ0v) is 11.4. The summed E-state index contributed by atoms with van der Waals surface area (Å²) in [6.45, 7) is 5.47. The Hall–Kier alpha value is -1.59. The van der Waals surface area contributed by atoms with Crippen molar-refractivity contribution in [1.82, 2.24) is 4.90 Å². The van der Waals surface area contributed by atoms with Gasteiger partial charge >= 0.3 is 12.1 Å². The van der Waals surface area contributed by atoms with Crippen molar-refractivity contribution in [3.8, 4) is 0 Å². The first-order chi connectivity index (χ1) is 8.78. The predicted molar refractivity (Wildman–Crippen MR) is 65.3 cm³/mol. The molecule has 2 fully saturated rings. The van der Waals surface area contributed by atoms with Gasteiger partial charge in [0.05, 0.1) is 0 Å². The molecule has 0 spiro atoms. The topological polar surface area (TPSA) is 83.9 Å². The van der Waals surface area contributed by atoms with Crippen LogP contribution in [0.25, 0.3) is 0 Å². The van der Waals surface area contributed by atoms with Crippen LogP contribution in [-0.2, 0) is 14.3 Å². The van der Waals surface area contributed by atoms with Gasteiger partial charge in [-0.3, -0.25) is 4.79 Å². The van der Waals surface area contributed by atoms with Gasteiger partial charge in [-0.05, 0) is 26.7 Å². The maximum Gasteiger partial charge on any atom is 0.417 e. The number of amides is 2. The zero-order chi connectivity index (χ0) is 14.4. The van der Waals surface area contributed by atoms with Crippen molar-refractivity contribution in [2.45, 2.75) is 51.7 Å². The number of ether oxygens (including phenoxy) is 1. The molecule has 2 amide bonds. The second kappa shape index (κ2) is 4.51. The number of imide groups is 1. The molecule has 1 saturated carbocycles. The Kier molecular flexibility index (Phi) is 3.28. The van der Waals surface area contributed by atoms with E-state index >= 15 is 0 Å². The monoisotopic (exact) mass is 269 g/mol. The van der Waals surface area contributed by atoms with Crippen molar-refractivity contribution in [3.63, 3.8) is 0 Å². The van der Waals surface area contributed by atoms with Gasteiger partial charge in [0.15, 0.2) is 0 Å². The standard InChI is InChI=1S/C13H19NO5/c1-4-5-13(2,3)19-12(18)14-9(11(16)17)7-6-8(7)10(14)15/h7-9H,4-6H2,1-3H3,(H,16,17)/t7-,8+,9-/m0/s1. The van der Waals surface area contributed by atoms with Gasteiger partial charge in [-0.2, -0.15) is 0 Å². The van der Waals surface area contributed by atoms with Gasteiger partial charge in [-0.15, -0.1) is 0 Å². The Balaban J connectivity index is 2.10. The Labute approximate surface area is 111 Å². The minimum atomic E-state index is -1.14. The maximum absolute atomic E-state index is 12.0. The van der Waals surface area contributed by atoms with Crippen LogP contribution >= 0.6 is 0 Å². The van der Waals surface area contributed by atoms with Crippen LogP contribution in [0, 0.1) is 11.8 Å². The van der Waals surface area contributed by atoms with Gasteiger partial charge in [0, 0.05) is 11.8 Å². The molecule has 2 rings (SSSR count). The smallest absolute Gasteiger partial charge is 0.417 e. The van der Waals surface area contributed by atoms with E-state index in [2.05, 4.69) is 0 Å². The number of fused-ring (bicyclic) bond motifs is 1. The van der Waals surface area contributed by atoms with Crippen molar-refractivity contribution in [3.05, 3.63) is 0 Å². The summed E-state index contributed by atoms with van der Waals surface area (Å²) < 4.78 is 5.28. The highest BCUT2D eigenvalue weighted by Crippen LogP contribution is 2.50. The van der Waals surface area contributed by atoms with E-state index in [1.807, 2.05) is 6.92 Å². The normalized spacial score (nSPS) is 29.1. The van der Waals surface area contributed by atoms with Crippen LogP contribution in [0.4, 0.5) is 4.79 Å². The summed E-state index contributed by atoms with van der Waals surface area (Å²) >= 11 is 0. The van der Waals surface area contributed by atoms with Crippen LogP contribution in [0.2, 0.25) is 0 Å². The van der Waals surface area contributed by atoms with E-state index in [0.717, 1.165) is 11.3 Å². The number of piperidine rings is 1. The van der Waals surface area contributed by atoms with Crippen LogP contribution in [0.1, 0.15) is 40.0 Å². The molecule has 0 radical (unpaired) electrons. The SMILES string of the molecule is CCCC(C)(C)OC(=O)N1C(=O)[C@@H]2C[C@@H]2[C@H]1C(=O)O. The average molecular weight is 269 g/mol. The van der Waals surface area contributed by atoms with Crippen LogP contribution in [0.15, 0.2) is 0 Å². The van der Waals surface area contributed by atoms with Crippen LogP contribution < -0.4 is 0 Å². The fourth-order valence-corrected chi connectivity index (χ4v) is 2.79. The number of hydrogen-bond donors (Lipinski definition) is 1. The van der Waals surface area contributed by atoms with Gasteiger partial charge in [0.2, 0.25) is 5.91 Å². The third-order valence-corrected chi connectivity index (χ3v) is 3.74. The second-order valence-electron chi connectivity index (χ2n) is 5.88. The van der Waals surface area contributed by atoms with Crippen molar-refractivity contribution in [2.75, 3.05) is 0 Å². The lowest BCUT2D eigenvalue weighted by Gasteiger charge is -2.29. The molecule has 19 heavy (non-hydrogen) atoms. The lowest BCUT2D eigenvalue weighted by molar-refractivity contribution is -0.147. The minimum absolute atomic E-state index is 0.230. The quantitative estimate of drug-likeness (QED) is 0.838. The number of hydrogen-bond acceptors (Lipinski definition) is 4. The van der Waals surface area contributed by atoms with Gasteiger partial charge in [0.25, 0.3) is 0 Å². The fourth-order valence-electron chi connectivity index (χ4n) is 2.79. The summed E-state index contributed by atoms with van der Waals surface area (Å²) in [5, 5.41) is 9.15.